The van der Waals surface area contributed by atoms with Gasteiger partial charge in [0, 0.05) is 32.4 Å². The first-order valence-electron chi connectivity index (χ1n) is 9.09. The number of piperazine rings is 1. The van der Waals surface area contributed by atoms with Crippen LogP contribution in [0.25, 0.3) is 5.65 Å². The van der Waals surface area contributed by atoms with Crippen LogP contribution in [-0.2, 0) is 21.1 Å². The van der Waals surface area contributed by atoms with Crippen LogP contribution in [0.2, 0.25) is 0 Å². The first-order chi connectivity index (χ1) is 13.8. The second-order valence-corrected chi connectivity index (χ2v) is 9.62. The molecule has 2 aromatic heterocycles. The van der Waals surface area contributed by atoms with E-state index in [0.29, 0.717) is 42.7 Å². The Morgan fingerprint density at radius 2 is 1.90 bits per heavy atom. The second kappa shape index (κ2) is 7.68. The fourth-order valence-electron chi connectivity index (χ4n) is 3.37. The molecule has 1 atom stereocenters. The van der Waals surface area contributed by atoms with Crippen LogP contribution < -0.4 is 10.2 Å². The number of fused-ring (bicyclic) bond motifs is 1. The Morgan fingerprint density at radius 3 is 2.62 bits per heavy atom. The molecule has 1 amide bonds. The molecule has 1 aliphatic rings. The molecule has 1 unspecified atom stereocenters. The maximum absolute atomic E-state index is 12.7. The Morgan fingerprint density at radius 1 is 1.14 bits per heavy atom. The highest BCUT2D eigenvalue weighted by Gasteiger charge is 2.23. The first-order valence-corrected chi connectivity index (χ1v) is 11.6. The molecule has 1 aliphatic heterocycles. The van der Waals surface area contributed by atoms with Crippen LogP contribution in [0.1, 0.15) is 5.56 Å². The topological polar surface area (TPSA) is 101 Å². The summed E-state index contributed by atoms with van der Waals surface area (Å²) in [5, 5.41) is 12.9. The summed E-state index contributed by atoms with van der Waals surface area (Å²) in [5.41, 5.74) is 1.39. The lowest BCUT2D eigenvalue weighted by Crippen LogP contribution is -2.49. The van der Waals surface area contributed by atoms with Crippen molar-refractivity contribution >= 4 is 41.8 Å². The van der Waals surface area contributed by atoms with Crippen molar-refractivity contribution in [3.63, 3.8) is 0 Å². The van der Waals surface area contributed by atoms with Crippen LogP contribution in [0.3, 0.4) is 0 Å². The number of carbonyl (C=O) groups excluding carboxylic acids is 1. The average Bonchev–Trinajstić information content (AvgIpc) is 3.16. The predicted molar refractivity (Wildman–Crippen MR) is 112 cm³/mol. The molecule has 0 spiro atoms. The summed E-state index contributed by atoms with van der Waals surface area (Å²) in [7, 11) is -0.914. The van der Waals surface area contributed by atoms with Crippen molar-refractivity contribution in [1.82, 2.24) is 24.7 Å². The van der Waals surface area contributed by atoms with Crippen molar-refractivity contribution in [2.24, 2.45) is 0 Å². The second-order valence-electron chi connectivity index (χ2n) is 7.01. The van der Waals surface area contributed by atoms with Gasteiger partial charge < -0.3 is 9.80 Å². The lowest BCUT2D eigenvalue weighted by Gasteiger charge is -2.35. The van der Waals surface area contributed by atoms with Crippen molar-refractivity contribution in [3.05, 3.63) is 42.2 Å². The number of nitrogens with zero attached hydrogens (tertiary/aromatic N) is 6. The Labute approximate surface area is 170 Å². The number of rotatable bonds is 4. The normalized spacial score (nSPS) is 15.1. The largest absolute Gasteiger partial charge is 0.352 e. The van der Waals surface area contributed by atoms with Gasteiger partial charge in [-0.25, -0.2) is 8.42 Å². The third-order valence-corrected chi connectivity index (χ3v) is 6.80. The molecule has 3 aromatic rings. The molecule has 152 valence electrons. The van der Waals surface area contributed by atoms with E-state index in [9.17, 15) is 13.2 Å². The number of carbonyl (C=O) groups is 1. The highest BCUT2D eigenvalue weighted by atomic mass is 32.2. The summed E-state index contributed by atoms with van der Waals surface area (Å²) in [4.78, 5) is 16.9. The number of aromatic nitrogens is 4. The van der Waals surface area contributed by atoms with Gasteiger partial charge in [-0.3, -0.25) is 4.79 Å². The lowest BCUT2D eigenvalue weighted by molar-refractivity contribution is -0.130. The number of anilines is 1. The molecule has 1 saturated heterocycles. The molecule has 3 heterocycles. The number of hydrogen-bond acceptors (Lipinski definition) is 7. The van der Waals surface area contributed by atoms with Crippen LogP contribution >= 0.6 is 9.24 Å². The first kappa shape index (κ1) is 19.7. The highest BCUT2D eigenvalue weighted by Crippen LogP contribution is 2.16. The Hall–Kier alpha value is -2.58. The third kappa shape index (κ3) is 4.23. The van der Waals surface area contributed by atoms with E-state index >= 15 is 0 Å². The van der Waals surface area contributed by atoms with Gasteiger partial charge in [0.2, 0.25) is 5.91 Å². The molecule has 9 nitrogen and oxygen atoms in total. The Bertz CT molecular complexity index is 1170. The van der Waals surface area contributed by atoms with E-state index in [1.165, 1.54) is 6.26 Å². The number of amides is 1. The average molecular weight is 432 g/mol. The van der Waals surface area contributed by atoms with Crippen molar-refractivity contribution in [2.75, 3.05) is 37.3 Å². The zero-order valence-corrected chi connectivity index (χ0v) is 17.9. The van der Waals surface area contributed by atoms with E-state index in [0.717, 1.165) is 5.82 Å². The SMILES string of the molecule is CS(=O)(=O)c1cc(CC(=O)N2CCN(c3ccc4nncn4n3)CC2)ccc1P. The molecular formula is C18H21N6O3PS. The van der Waals surface area contributed by atoms with E-state index in [2.05, 4.69) is 29.4 Å². The van der Waals surface area contributed by atoms with E-state index in [-0.39, 0.29) is 17.2 Å². The fourth-order valence-corrected chi connectivity index (χ4v) is 5.05. The van der Waals surface area contributed by atoms with Gasteiger partial charge in [0.25, 0.3) is 0 Å². The van der Waals surface area contributed by atoms with Gasteiger partial charge in [-0.05, 0) is 29.1 Å². The summed E-state index contributed by atoms with van der Waals surface area (Å²) < 4.78 is 25.4. The van der Waals surface area contributed by atoms with Crippen LogP contribution in [0.5, 0.6) is 0 Å². The van der Waals surface area contributed by atoms with Gasteiger partial charge in [0.15, 0.2) is 15.5 Å². The van der Waals surface area contributed by atoms with Crippen LogP contribution in [0, 0.1) is 0 Å². The molecule has 0 N–H and O–H groups in total. The maximum Gasteiger partial charge on any atom is 0.227 e. The highest BCUT2D eigenvalue weighted by molar-refractivity contribution is 7.91. The lowest BCUT2D eigenvalue weighted by atomic mass is 10.1. The van der Waals surface area contributed by atoms with E-state index in [4.69, 9.17) is 0 Å². The molecule has 29 heavy (non-hydrogen) atoms. The quantitative estimate of drug-likeness (QED) is 0.532. The Balaban J connectivity index is 1.40. The molecule has 0 radical (unpaired) electrons. The molecule has 0 saturated carbocycles. The molecule has 0 bridgehead atoms. The molecule has 11 heteroatoms. The maximum atomic E-state index is 12.7. The Kier molecular flexibility index (Phi) is 5.23. The summed E-state index contributed by atoms with van der Waals surface area (Å²) in [6.07, 6.45) is 2.91. The van der Waals surface area contributed by atoms with E-state index < -0.39 is 9.84 Å². The number of hydrogen-bond donors (Lipinski definition) is 0. The minimum Gasteiger partial charge on any atom is -0.352 e. The van der Waals surface area contributed by atoms with Gasteiger partial charge in [-0.2, -0.15) is 4.52 Å². The predicted octanol–water partition coefficient (Wildman–Crippen LogP) is -0.0805. The summed E-state index contributed by atoms with van der Waals surface area (Å²) >= 11 is 0. The van der Waals surface area contributed by atoms with Gasteiger partial charge in [-0.15, -0.1) is 24.5 Å². The monoisotopic (exact) mass is 432 g/mol. The standard InChI is InChI=1S/C18H21N6O3PS/c1-29(26,27)15-10-13(2-3-14(15)28)11-18(25)23-8-6-22(7-9-23)17-5-4-16-20-19-12-24(16)21-17/h2-5,10,12H,6-9,11,28H2,1H3. The van der Waals surface area contributed by atoms with Gasteiger partial charge in [0.05, 0.1) is 11.3 Å². The summed E-state index contributed by atoms with van der Waals surface area (Å²) in [6, 6.07) is 8.86. The fraction of sp³-hybridized carbons (Fsp3) is 0.333. The minimum absolute atomic E-state index is 0.0113. The van der Waals surface area contributed by atoms with Crippen molar-refractivity contribution in [2.45, 2.75) is 11.3 Å². The van der Waals surface area contributed by atoms with Gasteiger partial charge in [-0.1, -0.05) is 12.1 Å². The summed E-state index contributed by atoms with van der Waals surface area (Å²) in [6.45, 7) is 2.51. The third-order valence-electron chi connectivity index (χ3n) is 4.94. The molecular weight excluding hydrogens is 411 g/mol. The zero-order valence-electron chi connectivity index (χ0n) is 15.9. The zero-order chi connectivity index (χ0) is 20.6. The van der Waals surface area contributed by atoms with E-state index in [1.807, 2.05) is 17.0 Å². The molecule has 1 aromatic carbocycles. The number of sulfone groups is 1. The van der Waals surface area contributed by atoms with Crippen LogP contribution in [0.15, 0.2) is 41.6 Å². The molecule has 0 aliphatic carbocycles. The number of benzene rings is 1. The van der Waals surface area contributed by atoms with Crippen LogP contribution in [-0.4, -0.2) is 71.5 Å². The molecule has 4 rings (SSSR count). The minimum atomic E-state index is -3.34. The smallest absolute Gasteiger partial charge is 0.227 e. The van der Waals surface area contributed by atoms with Crippen molar-refractivity contribution < 1.29 is 13.2 Å². The van der Waals surface area contributed by atoms with Crippen molar-refractivity contribution in [1.29, 1.82) is 0 Å². The van der Waals surface area contributed by atoms with Gasteiger partial charge in [0.1, 0.15) is 12.1 Å². The molecule has 1 fully saturated rings. The van der Waals surface area contributed by atoms with E-state index in [1.54, 1.807) is 29.0 Å². The summed E-state index contributed by atoms with van der Waals surface area (Å²) in [5.74, 6) is 0.807. The van der Waals surface area contributed by atoms with Gasteiger partial charge >= 0.3 is 0 Å². The van der Waals surface area contributed by atoms with Crippen molar-refractivity contribution in [3.8, 4) is 0 Å². The van der Waals surface area contributed by atoms with Crippen LogP contribution in [0.4, 0.5) is 5.82 Å².